The van der Waals surface area contributed by atoms with Gasteiger partial charge in [0.25, 0.3) is 0 Å². The third kappa shape index (κ3) is 2.50. The van der Waals surface area contributed by atoms with Crippen LogP contribution in [0.25, 0.3) is 10.8 Å². The molecule has 1 aromatic heterocycles. The van der Waals surface area contributed by atoms with Gasteiger partial charge in [0.15, 0.2) is 0 Å². The minimum Gasteiger partial charge on any atom is -0.359 e. The molecule has 8 atom stereocenters. The van der Waals surface area contributed by atoms with Gasteiger partial charge in [-0.25, -0.2) is 0 Å². The number of benzene rings is 1. The summed E-state index contributed by atoms with van der Waals surface area (Å²) in [6.45, 7) is 2.60. The molecule has 4 bridgehead atoms. The van der Waals surface area contributed by atoms with Crippen molar-refractivity contribution >= 4 is 10.8 Å². The van der Waals surface area contributed by atoms with Gasteiger partial charge in [-0.3, -0.25) is 9.88 Å². The van der Waals surface area contributed by atoms with E-state index in [1.165, 1.54) is 87.0 Å². The molecule has 4 aliphatic carbocycles. The quantitative estimate of drug-likeness (QED) is 0.461. The van der Waals surface area contributed by atoms with Crippen molar-refractivity contribution in [3.8, 4) is 0 Å². The molecule has 2 aromatic rings. The Balaban J connectivity index is 1.07. The fraction of sp³-hybridized carbons (Fsp3) is 0.606. The second-order valence-electron chi connectivity index (χ2n) is 13.7. The average Bonchev–Trinajstić information content (AvgIpc) is 3.66. The number of hydrogen-bond acceptors (Lipinski definition) is 3. The molecule has 5 heterocycles. The second kappa shape index (κ2) is 6.91. The van der Waals surface area contributed by atoms with Crippen molar-refractivity contribution in [2.24, 2.45) is 11.3 Å². The van der Waals surface area contributed by atoms with Crippen LogP contribution in [0.3, 0.4) is 0 Å². The van der Waals surface area contributed by atoms with Gasteiger partial charge in [-0.15, -0.1) is 0 Å². The predicted molar refractivity (Wildman–Crippen MR) is 143 cm³/mol. The molecule has 1 aromatic carbocycles. The summed E-state index contributed by atoms with van der Waals surface area (Å²) in [5.74, 6) is 1.22. The second-order valence-corrected chi connectivity index (χ2v) is 13.7. The van der Waals surface area contributed by atoms with Crippen LogP contribution < -0.4 is 0 Å². The van der Waals surface area contributed by atoms with Crippen molar-refractivity contribution in [3.05, 3.63) is 65.5 Å². The standard InChI is InChI=1S/C33H38N2O/c1-31-12-10-25-17-24-4-5-28(35-26-6-7-27(35)18-26)19-32(24)13-14-33(25,36-32)30(31)9-8-29(31)22-3-2-21-11-15-34-20-23(21)16-22/h2-3,10-11,15-17,20,26-30H,4-9,12-14,18-19H2,1H3/t26?,27?,28-,29?,30-,31?,32-,33-/m1/s1. The number of allylic oxidation sites excluding steroid dienone is 1. The smallest absolute Gasteiger partial charge is 0.0974 e. The first-order valence-corrected chi connectivity index (χ1v) is 14.8. The van der Waals surface area contributed by atoms with Crippen molar-refractivity contribution in [2.45, 2.75) is 113 Å². The largest absolute Gasteiger partial charge is 0.359 e. The summed E-state index contributed by atoms with van der Waals surface area (Å²) >= 11 is 0. The Morgan fingerprint density at radius 2 is 1.89 bits per heavy atom. The number of rotatable bonds is 2. The van der Waals surface area contributed by atoms with E-state index in [0.717, 1.165) is 18.1 Å². The molecule has 0 N–H and O–H groups in total. The molecule has 8 aliphatic rings. The molecule has 3 nitrogen and oxygen atoms in total. The average molecular weight is 479 g/mol. The lowest BCUT2D eigenvalue weighted by Crippen LogP contribution is -2.59. The molecule has 6 fully saturated rings. The highest BCUT2D eigenvalue weighted by atomic mass is 16.5. The molecular formula is C33H38N2O. The van der Waals surface area contributed by atoms with Crippen LogP contribution in [0.15, 0.2) is 60.0 Å². The zero-order valence-corrected chi connectivity index (χ0v) is 21.6. The topological polar surface area (TPSA) is 25.4 Å². The van der Waals surface area contributed by atoms with Crippen LogP contribution in [0, 0.1) is 11.3 Å². The summed E-state index contributed by atoms with van der Waals surface area (Å²) < 4.78 is 7.58. The summed E-state index contributed by atoms with van der Waals surface area (Å²) in [5.41, 5.74) is 4.96. The van der Waals surface area contributed by atoms with Crippen LogP contribution in [-0.4, -0.2) is 39.2 Å². The zero-order valence-electron chi connectivity index (χ0n) is 21.6. The van der Waals surface area contributed by atoms with Gasteiger partial charge in [0, 0.05) is 35.9 Å². The van der Waals surface area contributed by atoms with Gasteiger partial charge in [-0.1, -0.05) is 31.2 Å². The third-order valence-electron chi connectivity index (χ3n) is 12.4. The Labute approximate surface area is 215 Å². The van der Waals surface area contributed by atoms with Crippen molar-refractivity contribution in [1.82, 2.24) is 9.88 Å². The number of nitrogens with zero attached hydrogens (tertiary/aromatic N) is 2. The molecule has 36 heavy (non-hydrogen) atoms. The fourth-order valence-corrected chi connectivity index (χ4v) is 10.7. The molecular weight excluding hydrogens is 440 g/mol. The van der Waals surface area contributed by atoms with E-state index in [4.69, 9.17) is 4.74 Å². The van der Waals surface area contributed by atoms with Crippen LogP contribution >= 0.6 is 0 Å². The molecule has 2 spiro atoms. The SMILES string of the molecule is CC12CC=C3C=C4CC[C@@H](N5C6CCC5C6)C[C@]45CC[C@]3(O5)[C@@H]1CCC2c1ccc2ccncc2c1. The molecule has 3 heteroatoms. The number of aromatic nitrogens is 1. The van der Waals surface area contributed by atoms with Crippen LogP contribution in [0.5, 0.6) is 0 Å². The maximum Gasteiger partial charge on any atom is 0.0974 e. The van der Waals surface area contributed by atoms with Crippen LogP contribution in [0.1, 0.15) is 89.0 Å². The first-order chi connectivity index (χ1) is 17.6. The molecule has 186 valence electrons. The molecule has 0 radical (unpaired) electrons. The molecule has 3 saturated heterocycles. The van der Waals surface area contributed by atoms with Crippen molar-refractivity contribution in [1.29, 1.82) is 0 Å². The predicted octanol–water partition coefficient (Wildman–Crippen LogP) is 7.08. The lowest BCUT2D eigenvalue weighted by molar-refractivity contribution is -0.146. The summed E-state index contributed by atoms with van der Waals surface area (Å²) in [5, 5.41) is 2.58. The molecule has 3 saturated carbocycles. The van der Waals surface area contributed by atoms with Crippen molar-refractivity contribution in [3.63, 3.8) is 0 Å². The van der Waals surface area contributed by atoms with E-state index in [1.807, 2.05) is 12.4 Å². The Kier molecular flexibility index (Phi) is 4.03. The normalized spacial score (nSPS) is 46.5. The van der Waals surface area contributed by atoms with Crippen LogP contribution in [-0.2, 0) is 4.74 Å². The van der Waals surface area contributed by atoms with E-state index in [0.29, 0.717) is 11.8 Å². The summed E-state index contributed by atoms with van der Waals surface area (Å²) in [7, 11) is 0. The van der Waals surface area contributed by atoms with Gasteiger partial charge in [-0.05, 0) is 122 Å². The zero-order chi connectivity index (χ0) is 23.7. The maximum atomic E-state index is 7.58. The molecule has 10 rings (SSSR count). The van der Waals surface area contributed by atoms with E-state index in [1.54, 1.807) is 11.1 Å². The number of ether oxygens (including phenoxy) is 1. The summed E-state index contributed by atoms with van der Waals surface area (Å²) in [6, 6.07) is 11.8. The highest BCUT2D eigenvalue weighted by molar-refractivity contribution is 5.82. The first kappa shape index (κ1) is 21.0. The first-order valence-electron chi connectivity index (χ1n) is 14.8. The van der Waals surface area contributed by atoms with Gasteiger partial charge in [0.05, 0.1) is 11.2 Å². The van der Waals surface area contributed by atoms with Gasteiger partial charge in [-0.2, -0.15) is 0 Å². The Bertz CT molecular complexity index is 1330. The van der Waals surface area contributed by atoms with Crippen molar-refractivity contribution in [2.75, 3.05) is 0 Å². The summed E-state index contributed by atoms with van der Waals surface area (Å²) in [4.78, 5) is 7.33. The number of hydrogen-bond donors (Lipinski definition) is 0. The summed E-state index contributed by atoms with van der Waals surface area (Å²) in [6.07, 6.45) is 23.7. The van der Waals surface area contributed by atoms with Crippen LogP contribution in [0.4, 0.5) is 0 Å². The van der Waals surface area contributed by atoms with Crippen LogP contribution in [0.2, 0.25) is 0 Å². The molecule has 0 amide bonds. The van der Waals surface area contributed by atoms with E-state index in [9.17, 15) is 0 Å². The number of pyridine rings is 1. The fourth-order valence-electron chi connectivity index (χ4n) is 10.7. The monoisotopic (exact) mass is 478 g/mol. The Morgan fingerprint density at radius 1 is 0.972 bits per heavy atom. The molecule has 4 unspecified atom stereocenters. The Hall–Kier alpha value is -1.97. The maximum absolute atomic E-state index is 7.58. The van der Waals surface area contributed by atoms with Gasteiger partial charge in [0.1, 0.15) is 0 Å². The van der Waals surface area contributed by atoms with E-state index >= 15 is 0 Å². The van der Waals surface area contributed by atoms with E-state index in [-0.39, 0.29) is 16.6 Å². The third-order valence-corrected chi connectivity index (χ3v) is 12.4. The van der Waals surface area contributed by atoms with Gasteiger partial charge < -0.3 is 4.74 Å². The van der Waals surface area contributed by atoms with Gasteiger partial charge >= 0.3 is 0 Å². The van der Waals surface area contributed by atoms with E-state index in [2.05, 4.69) is 53.2 Å². The highest BCUT2D eigenvalue weighted by Crippen LogP contribution is 2.69. The molecule has 4 aliphatic heterocycles. The van der Waals surface area contributed by atoms with Crippen molar-refractivity contribution < 1.29 is 4.74 Å². The minimum atomic E-state index is -0.0422. The number of fused-ring (bicyclic) bond motifs is 3. The lowest BCUT2D eigenvalue weighted by atomic mass is 9.58. The lowest BCUT2D eigenvalue weighted by Gasteiger charge is -2.56. The Morgan fingerprint density at radius 3 is 2.78 bits per heavy atom. The highest BCUT2D eigenvalue weighted by Gasteiger charge is 2.67. The minimum absolute atomic E-state index is 0.0280. The van der Waals surface area contributed by atoms with Gasteiger partial charge in [0.2, 0.25) is 0 Å². The van der Waals surface area contributed by atoms with E-state index < -0.39 is 0 Å².